The summed E-state index contributed by atoms with van der Waals surface area (Å²) >= 11 is 5.97. The number of aromatic nitrogens is 4. The van der Waals surface area contributed by atoms with E-state index < -0.39 is 5.54 Å². The summed E-state index contributed by atoms with van der Waals surface area (Å²) < 4.78 is 1.94. The molecule has 0 radical (unpaired) electrons. The van der Waals surface area contributed by atoms with Crippen LogP contribution in [0.1, 0.15) is 19.5 Å². The van der Waals surface area contributed by atoms with Crippen molar-refractivity contribution in [1.82, 2.24) is 24.4 Å². The topological polar surface area (TPSA) is 79.2 Å². The third-order valence-corrected chi connectivity index (χ3v) is 5.16. The molecule has 1 N–H and O–H groups in total. The van der Waals surface area contributed by atoms with Crippen LogP contribution in [-0.2, 0) is 5.54 Å². The van der Waals surface area contributed by atoms with Crippen molar-refractivity contribution in [2.75, 3.05) is 30.4 Å². The number of nitrogens with zero attached hydrogens (tertiary/aromatic N) is 6. The summed E-state index contributed by atoms with van der Waals surface area (Å²) in [5.74, 6) is 1.02. The number of carbonyl (C=O) groups is 1. The van der Waals surface area contributed by atoms with E-state index in [0.717, 1.165) is 11.4 Å². The maximum atomic E-state index is 12.2. The maximum absolute atomic E-state index is 12.2. The molecule has 0 aliphatic carbocycles. The monoisotopic (exact) mass is 411 g/mol. The number of nitrogens with one attached hydrogen (secondary N) is 1. The van der Waals surface area contributed by atoms with Gasteiger partial charge in [-0.2, -0.15) is 4.98 Å². The van der Waals surface area contributed by atoms with Gasteiger partial charge in [0.1, 0.15) is 5.82 Å². The van der Waals surface area contributed by atoms with E-state index in [9.17, 15) is 4.79 Å². The van der Waals surface area contributed by atoms with Gasteiger partial charge in [-0.15, -0.1) is 0 Å². The molecule has 8 nitrogen and oxygen atoms in total. The van der Waals surface area contributed by atoms with Crippen molar-refractivity contribution in [3.8, 4) is 5.69 Å². The highest BCUT2D eigenvalue weighted by Crippen LogP contribution is 2.25. The number of hydrogen-bond donors (Lipinski definition) is 1. The zero-order valence-electron chi connectivity index (χ0n) is 16.5. The van der Waals surface area contributed by atoms with Gasteiger partial charge in [-0.1, -0.05) is 11.6 Å². The van der Waals surface area contributed by atoms with E-state index in [2.05, 4.69) is 20.3 Å². The molecule has 0 spiro atoms. The van der Waals surface area contributed by atoms with Crippen LogP contribution in [-0.4, -0.2) is 50.6 Å². The summed E-state index contributed by atoms with van der Waals surface area (Å²) in [4.78, 5) is 28.9. The lowest BCUT2D eigenvalue weighted by molar-refractivity contribution is 0.229. The molecular formula is C20H22ClN7O. The number of urea groups is 1. The Kier molecular flexibility index (Phi) is 4.87. The molecule has 0 saturated carbocycles. The van der Waals surface area contributed by atoms with Crippen LogP contribution >= 0.6 is 11.6 Å². The van der Waals surface area contributed by atoms with Crippen molar-refractivity contribution in [1.29, 1.82) is 0 Å². The average Bonchev–Trinajstić information content (AvgIpc) is 3.31. The molecule has 0 unspecified atom stereocenters. The Bertz CT molecular complexity index is 1030. The first-order chi connectivity index (χ1) is 13.8. The minimum atomic E-state index is -0.526. The standard InChI is InChI=1S/C20H22ClN7O/c1-20(2,16-12-27(13-23-16)15-6-4-14(21)5-7-15)25-18-22-9-8-17(24-18)28-11-10-26(3)19(28)29/h4-9,12-13H,10-11H2,1-3H3,(H,22,24,25). The van der Waals surface area contributed by atoms with Crippen LogP contribution in [0.2, 0.25) is 5.02 Å². The number of imidazole rings is 1. The van der Waals surface area contributed by atoms with Gasteiger partial charge in [0.05, 0.1) is 17.6 Å². The summed E-state index contributed by atoms with van der Waals surface area (Å²) in [6.45, 7) is 5.30. The summed E-state index contributed by atoms with van der Waals surface area (Å²) in [5, 5.41) is 4.02. The summed E-state index contributed by atoms with van der Waals surface area (Å²) in [7, 11) is 1.78. The van der Waals surface area contributed by atoms with Gasteiger partial charge >= 0.3 is 6.03 Å². The molecule has 0 bridgehead atoms. The second kappa shape index (κ2) is 7.36. The first kappa shape index (κ1) is 19.2. The fourth-order valence-corrected chi connectivity index (χ4v) is 3.29. The Morgan fingerprint density at radius 2 is 1.86 bits per heavy atom. The lowest BCUT2D eigenvalue weighted by Crippen LogP contribution is -2.32. The molecule has 1 saturated heterocycles. The van der Waals surface area contributed by atoms with Gasteiger partial charge in [-0.25, -0.2) is 14.8 Å². The van der Waals surface area contributed by atoms with E-state index >= 15 is 0 Å². The van der Waals surface area contributed by atoms with E-state index in [1.165, 1.54) is 0 Å². The van der Waals surface area contributed by atoms with E-state index in [4.69, 9.17) is 11.6 Å². The Labute approximate surface area is 174 Å². The number of halogens is 1. The van der Waals surface area contributed by atoms with Crippen LogP contribution in [0.25, 0.3) is 5.69 Å². The second-order valence-corrected chi connectivity index (χ2v) is 7.92. The molecule has 2 amide bonds. The highest BCUT2D eigenvalue weighted by molar-refractivity contribution is 6.30. The van der Waals surface area contributed by atoms with Crippen molar-refractivity contribution in [2.45, 2.75) is 19.4 Å². The minimum Gasteiger partial charge on any atom is -0.344 e. The summed E-state index contributed by atoms with van der Waals surface area (Å²) in [6, 6.07) is 9.24. The van der Waals surface area contributed by atoms with Crippen molar-refractivity contribution in [3.05, 3.63) is 59.8 Å². The largest absolute Gasteiger partial charge is 0.344 e. The van der Waals surface area contributed by atoms with Gasteiger partial charge < -0.3 is 14.8 Å². The molecule has 0 atom stereocenters. The molecule has 2 aromatic heterocycles. The van der Waals surface area contributed by atoms with E-state index in [-0.39, 0.29) is 6.03 Å². The molecule has 1 aliphatic rings. The SMILES string of the molecule is CN1CCN(c2ccnc(NC(C)(C)c3cn(-c4ccc(Cl)cc4)cn3)n2)C1=O. The van der Waals surface area contributed by atoms with Gasteiger partial charge in [0, 0.05) is 43.2 Å². The smallest absolute Gasteiger partial charge is 0.325 e. The number of benzene rings is 1. The Hall–Kier alpha value is -3.13. The van der Waals surface area contributed by atoms with Crippen LogP contribution in [0.5, 0.6) is 0 Å². The maximum Gasteiger partial charge on any atom is 0.325 e. The minimum absolute atomic E-state index is 0.0596. The number of anilines is 2. The van der Waals surface area contributed by atoms with Gasteiger partial charge in [0.25, 0.3) is 0 Å². The number of rotatable bonds is 5. The zero-order chi connectivity index (χ0) is 20.6. The second-order valence-electron chi connectivity index (χ2n) is 7.49. The molecule has 1 fully saturated rings. The first-order valence-corrected chi connectivity index (χ1v) is 9.65. The molecule has 3 aromatic rings. The fourth-order valence-electron chi connectivity index (χ4n) is 3.16. The Morgan fingerprint density at radius 1 is 1.10 bits per heavy atom. The number of carbonyl (C=O) groups excluding carboxylic acids is 1. The van der Waals surface area contributed by atoms with Crippen molar-refractivity contribution >= 4 is 29.4 Å². The van der Waals surface area contributed by atoms with E-state index in [1.807, 2.05) is 48.9 Å². The molecule has 1 aliphatic heterocycles. The average molecular weight is 412 g/mol. The highest BCUT2D eigenvalue weighted by Gasteiger charge is 2.29. The number of hydrogen-bond acceptors (Lipinski definition) is 5. The summed E-state index contributed by atoms with van der Waals surface area (Å²) in [6.07, 6.45) is 5.37. The van der Waals surface area contributed by atoms with Crippen molar-refractivity contribution in [3.63, 3.8) is 0 Å². The zero-order valence-corrected chi connectivity index (χ0v) is 17.3. The Balaban J connectivity index is 1.54. The van der Waals surface area contributed by atoms with Crippen LogP contribution in [0.3, 0.4) is 0 Å². The van der Waals surface area contributed by atoms with Gasteiger partial charge in [0.15, 0.2) is 0 Å². The van der Waals surface area contributed by atoms with Gasteiger partial charge in [-0.05, 0) is 44.2 Å². The molecule has 3 heterocycles. The predicted molar refractivity (Wildman–Crippen MR) is 113 cm³/mol. The van der Waals surface area contributed by atoms with Crippen LogP contribution < -0.4 is 10.2 Å². The molecular weight excluding hydrogens is 390 g/mol. The highest BCUT2D eigenvalue weighted by atomic mass is 35.5. The number of likely N-dealkylation sites (N-methyl/N-ethyl adjacent to an activating group) is 1. The van der Waals surface area contributed by atoms with Crippen LogP contribution in [0, 0.1) is 0 Å². The van der Waals surface area contributed by atoms with E-state index in [1.54, 1.807) is 35.4 Å². The van der Waals surface area contributed by atoms with Crippen LogP contribution in [0.15, 0.2) is 49.1 Å². The molecule has 9 heteroatoms. The quantitative estimate of drug-likeness (QED) is 0.694. The molecule has 29 heavy (non-hydrogen) atoms. The fraction of sp³-hybridized carbons (Fsp3) is 0.300. The Morgan fingerprint density at radius 3 is 2.55 bits per heavy atom. The van der Waals surface area contributed by atoms with Crippen LogP contribution in [0.4, 0.5) is 16.6 Å². The molecule has 150 valence electrons. The lowest BCUT2D eigenvalue weighted by Gasteiger charge is -2.25. The normalized spacial score (nSPS) is 14.6. The third kappa shape index (κ3) is 3.88. The first-order valence-electron chi connectivity index (χ1n) is 9.28. The van der Waals surface area contributed by atoms with Gasteiger partial charge in [0.2, 0.25) is 5.95 Å². The molecule has 1 aromatic carbocycles. The number of amides is 2. The third-order valence-electron chi connectivity index (χ3n) is 4.91. The molecule has 4 rings (SSSR count). The lowest BCUT2D eigenvalue weighted by atomic mass is 10.0. The van der Waals surface area contributed by atoms with Crippen molar-refractivity contribution in [2.24, 2.45) is 0 Å². The van der Waals surface area contributed by atoms with Crippen molar-refractivity contribution < 1.29 is 4.79 Å². The van der Waals surface area contributed by atoms with Gasteiger partial charge in [-0.3, -0.25) is 4.90 Å². The summed E-state index contributed by atoms with van der Waals surface area (Å²) in [5.41, 5.74) is 1.28. The van der Waals surface area contributed by atoms with E-state index in [0.29, 0.717) is 29.9 Å². The predicted octanol–water partition coefficient (Wildman–Crippen LogP) is 3.53.